The Kier molecular flexibility index (Phi) is 10.5. The predicted octanol–water partition coefficient (Wildman–Crippen LogP) is 2.64. The summed E-state index contributed by atoms with van der Waals surface area (Å²) >= 11 is 6.50. The Morgan fingerprint density at radius 2 is 1.94 bits per heavy atom. The van der Waals surface area contributed by atoms with Crippen molar-refractivity contribution in [2.45, 2.75) is 27.2 Å². The van der Waals surface area contributed by atoms with Crippen molar-refractivity contribution in [1.29, 1.82) is 0 Å². The van der Waals surface area contributed by atoms with Gasteiger partial charge in [0, 0.05) is 18.7 Å². The number of halogens is 1. The third-order valence-electron chi connectivity index (χ3n) is 1.65. The summed E-state index contributed by atoms with van der Waals surface area (Å²) < 4.78 is 27.5. The molecular weight excluding hydrogens is 298 g/mol. The van der Waals surface area contributed by atoms with E-state index in [4.69, 9.17) is 20.9 Å². The van der Waals surface area contributed by atoms with Gasteiger partial charge in [0.2, 0.25) is 0 Å². The molecule has 0 saturated heterocycles. The van der Waals surface area contributed by atoms with E-state index in [0.717, 1.165) is 18.6 Å². The first-order valence-corrected chi connectivity index (χ1v) is 9.11. The first kappa shape index (κ1) is 18.4. The standard InChI is InChI=1S/C9H20FN2O3PS2/c1-4-7-12(18-11-8-9(10)13)16(17,14-5-2)15-6-3/h11H,4-8H2,1-3H3. The molecule has 18 heavy (non-hydrogen) atoms. The second-order valence-electron chi connectivity index (χ2n) is 3.15. The van der Waals surface area contributed by atoms with Crippen LogP contribution in [0.2, 0.25) is 0 Å². The SMILES string of the molecule is CCCN(SNCC(=O)F)P(=S)(OCC)OCC. The van der Waals surface area contributed by atoms with Crippen LogP contribution < -0.4 is 4.72 Å². The normalized spacial score (nSPS) is 12.1. The molecule has 5 nitrogen and oxygen atoms in total. The lowest BCUT2D eigenvalue weighted by Crippen LogP contribution is -2.24. The van der Waals surface area contributed by atoms with Gasteiger partial charge in [-0.05, 0) is 32.1 Å². The molecule has 108 valence electrons. The van der Waals surface area contributed by atoms with E-state index in [2.05, 4.69) is 4.72 Å². The Morgan fingerprint density at radius 1 is 1.39 bits per heavy atom. The third kappa shape index (κ3) is 7.13. The zero-order valence-corrected chi connectivity index (χ0v) is 13.4. The number of nitrogens with zero attached hydrogens (tertiary/aromatic N) is 1. The summed E-state index contributed by atoms with van der Waals surface area (Å²) in [4.78, 5) is 10.2. The van der Waals surface area contributed by atoms with Gasteiger partial charge in [-0.2, -0.15) is 8.47 Å². The number of carbonyl (C=O) groups is 1. The quantitative estimate of drug-likeness (QED) is 0.357. The van der Waals surface area contributed by atoms with Gasteiger partial charge in [-0.15, -0.1) is 0 Å². The molecule has 0 heterocycles. The molecule has 1 N–H and O–H groups in total. The maximum atomic E-state index is 12.1. The van der Waals surface area contributed by atoms with Crippen LogP contribution in [0.5, 0.6) is 0 Å². The zero-order chi connectivity index (χ0) is 14.0. The summed E-state index contributed by atoms with van der Waals surface area (Å²) in [5, 5.41) is 0. The van der Waals surface area contributed by atoms with E-state index in [-0.39, 0.29) is 6.54 Å². The van der Waals surface area contributed by atoms with Crippen LogP contribution in [0.15, 0.2) is 0 Å². The van der Waals surface area contributed by atoms with E-state index < -0.39 is 12.7 Å². The van der Waals surface area contributed by atoms with Crippen molar-refractivity contribution in [2.75, 3.05) is 26.3 Å². The van der Waals surface area contributed by atoms with Crippen molar-refractivity contribution in [3.8, 4) is 0 Å². The highest BCUT2D eigenvalue weighted by Crippen LogP contribution is 2.55. The van der Waals surface area contributed by atoms with Crippen LogP contribution in [-0.4, -0.2) is 36.4 Å². The lowest BCUT2D eigenvalue weighted by Gasteiger charge is -2.31. The average molecular weight is 318 g/mol. The molecule has 0 aliphatic carbocycles. The Labute approximate surface area is 117 Å². The highest BCUT2D eigenvalue weighted by molar-refractivity contribution is 8.15. The summed E-state index contributed by atoms with van der Waals surface area (Å²) in [6.45, 7) is 4.26. The number of carbonyl (C=O) groups excluding carboxylic acids is 1. The summed E-state index contributed by atoms with van der Waals surface area (Å²) in [7, 11) is 0. The van der Waals surface area contributed by atoms with Crippen molar-refractivity contribution >= 4 is 36.6 Å². The van der Waals surface area contributed by atoms with E-state index >= 15 is 0 Å². The maximum absolute atomic E-state index is 12.1. The molecule has 0 amide bonds. The van der Waals surface area contributed by atoms with Crippen LogP contribution >= 0.6 is 18.8 Å². The Hall–Kier alpha value is 0.440. The Balaban J connectivity index is 4.58. The van der Waals surface area contributed by atoms with Gasteiger partial charge < -0.3 is 9.05 Å². The number of hydrogen-bond acceptors (Lipinski definition) is 6. The molecule has 0 fully saturated rings. The molecule has 0 aromatic rings. The topological polar surface area (TPSA) is 50.8 Å². The highest BCUT2D eigenvalue weighted by Gasteiger charge is 2.28. The van der Waals surface area contributed by atoms with E-state index in [9.17, 15) is 9.18 Å². The molecule has 0 saturated carbocycles. The molecule has 0 aliphatic rings. The van der Waals surface area contributed by atoms with Gasteiger partial charge in [0.15, 0.2) is 0 Å². The summed E-state index contributed by atoms with van der Waals surface area (Å²) in [6.07, 6.45) is 0.844. The zero-order valence-electron chi connectivity index (χ0n) is 10.8. The molecule has 0 radical (unpaired) electrons. The van der Waals surface area contributed by atoms with Crippen LogP contribution in [0.25, 0.3) is 0 Å². The minimum atomic E-state index is -2.57. The molecular formula is C9H20FN2O3PS2. The molecule has 0 rings (SSSR count). The van der Waals surface area contributed by atoms with Crippen molar-refractivity contribution in [3.63, 3.8) is 0 Å². The predicted molar refractivity (Wildman–Crippen MR) is 76.2 cm³/mol. The molecule has 0 aromatic heterocycles. The van der Waals surface area contributed by atoms with E-state index in [1.807, 2.05) is 20.8 Å². The Bertz CT molecular complexity index is 287. The largest absolute Gasteiger partial charge is 0.318 e. The van der Waals surface area contributed by atoms with E-state index in [1.165, 1.54) is 0 Å². The molecule has 9 heteroatoms. The van der Waals surface area contributed by atoms with Gasteiger partial charge in [-0.1, -0.05) is 6.92 Å². The van der Waals surface area contributed by atoms with E-state index in [1.54, 1.807) is 4.08 Å². The molecule has 0 aliphatic heterocycles. The fourth-order valence-corrected chi connectivity index (χ4v) is 5.13. The van der Waals surface area contributed by atoms with Gasteiger partial charge in [0.1, 0.15) is 0 Å². The van der Waals surface area contributed by atoms with Gasteiger partial charge in [0.05, 0.1) is 19.8 Å². The molecule has 0 unspecified atom stereocenters. The summed E-state index contributed by atoms with van der Waals surface area (Å²) in [5.74, 6) is 0. The van der Waals surface area contributed by atoms with Gasteiger partial charge in [-0.3, -0.25) is 4.79 Å². The fraction of sp³-hybridized carbons (Fsp3) is 0.889. The second-order valence-corrected chi connectivity index (χ2v) is 7.65. The second kappa shape index (κ2) is 10.3. The first-order chi connectivity index (χ1) is 8.50. The van der Waals surface area contributed by atoms with Gasteiger partial charge in [0.25, 0.3) is 6.64 Å². The minimum absolute atomic E-state index is 0.363. The minimum Gasteiger partial charge on any atom is -0.318 e. The van der Waals surface area contributed by atoms with E-state index in [0.29, 0.717) is 19.8 Å². The fourth-order valence-electron chi connectivity index (χ4n) is 1.07. The lowest BCUT2D eigenvalue weighted by molar-refractivity contribution is -0.127. The maximum Gasteiger partial charge on any atom is 0.316 e. The first-order valence-electron chi connectivity index (χ1n) is 5.75. The van der Waals surface area contributed by atoms with Crippen molar-refractivity contribution < 1.29 is 18.2 Å². The molecule has 0 bridgehead atoms. The van der Waals surface area contributed by atoms with Crippen molar-refractivity contribution in [2.24, 2.45) is 0 Å². The summed E-state index contributed by atoms with van der Waals surface area (Å²) in [5.41, 5.74) is 0. The third-order valence-corrected chi connectivity index (χ3v) is 6.66. The van der Waals surface area contributed by atoms with Gasteiger partial charge in [-0.25, -0.2) is 4.72 Å². The van der Waals surface area contributed by atoms with Crippen molar-refractivity contribution in [1.82, 2.24) is 8.80 Å². The summed E-state index contributed by atoms with van der Waals surface area (Å²) in [6, 6.07) is -1.42. The highest BCUT2D eigenvalue weighted by atomic mass is 32.5. The van der Waals surface area contributed by atoms with Crippen LogP contribution in [0.3, 0.4) is 0 Å². The van der Waals surface area contributed by atoms with Crippen molar-refractivity contribution in [3.05, 3.63) is 0 Å². The number of hydrogen-bond donors (Lipinski definition) is 1. The monoisotopic (exact) mass is 318 g/mol. The van der Waals surface area contributed by atoms with Crippen LogP contribution in [-0.2, 0) is 25.6 Å². The smallest absolute Gasteiger partial charge is 0.316 e. The average Bonchev–Trinajstić information content (AvgIpc) is 2.28. The van der Waals surface area contributed by atoms with Crippen LogP contribution in [0, 0.1) is 0 Å². The molecule has 0 aromatic carbocycles. The van der Waals surface area contributed by atoms with Gasteiger partial charge >= 0.3 is 6.04 Å². The molecule has 0 atom stereocenters. The number of rotatable bonds is 11. The lowest BCUT2D eigenvalue weighted by atomic mass is 10.5. The molecule has 0 spiro atoms. The van der Waals surface area contributed by atoms with Crippen LogP contribution in [0.1, 0.15) is 27.2 Å². The number of nitrogens with one attached hydrogen (secondary N) is 1. The van der Waals surface area contributed by atoms with Crippen LogP contribution in [0.4, 0.5) is 4.39 Å². The Morgan fingerprint density at radius 3 is 2.33 bits per heavy atom.